The molecule has 1 amide bonds. The summed E-state index contributed by atoms with van der Waals surface area (Å²) in [6, 6.07) is 11.5. The lowest BCUT2D eigenvalue weighted by Gasteiger charge is -2.27. The maximum Gasteiger partial charge on any atom is 0.220 e. The molecule has 1 saturated heterocycles. The third kappa shape index (κ3) is 5.79. The summed E-state index contributed by atoms with van der Waals surface area (Å²) in [6.07, 6.45) is 5.69. The summed E-state index contributed by atoms with van der Waals surface area (Å²) >= 11 is 0. The first-order chi connectivity index (χ1) is 15.6. The van der Waals surface area contributed by atoms with Gasteiger partial charge in [0.05, 0.1) is 11.8 Å². The van der Waals surface area contributed by atoms with E-state index in [2.05, 4.69) is 27.3 Å². The van der Waals surface area contributed by atoms with Crippen LogP contribution in [0.25, 0.3) is 11.3 Å². The van der Waals surface area contributed by atoms with E-state index in [0.717, 1.165) is 37.3 Å². The van der Waals surface area contributed by atoms with Crippen LogP contribution in [0.1, 0.15) is 42.7 Å². The lowest BCUT2D eigenvalue weighted by atomic mass is 10.0. The molecule has 1 aliphatic heterocycles. The number of nitrogens with zero attached hydrogens (tertiary/aromatic N) is 2. The predicted molar refractivity (Wildman–Crippen MR) is 118 cm³/mol. The summed E-state index contributed by atoms with van der Waals surface area (Å²) < 4.78 is 32.5. The zero-order valence-electron chi connectivity index (χ0n) is 17.9. The minimum atomic E-state index is -0.714. The molecule has 2 heterocycles. The number of carbonyl (C=O) groups excluding carboxylic acids is 1. The molecule has 1 fully saturated rings. The number of amides is 1. The standard InChI is InChI=1S/C25H27F2N3O2/c26-20-8-9-21(22(27)14-20)23-16-29-25(32-23)11-10-24(31)28-15-18-6-2-3-7-19(18)17-30-12-4-1-5-13-30/h2-3,6-9,14,16H,1,4-5,10-13,15,17H2,(H,28,31). The Morgan fingerprint density at radius 2 is 1.84 bits per heavy atom. The Kier molecular flexibility index (Phi) is 7.27. The van der Waals surface area contributed by atoms with Gasteiger partial charge in [-0.25, -0.2) is 13.8 Å². The average Bonchev–Trinajstić information content (AvgIpc) is 3.26. The van der Waals surface area contributed by atoms with Crippen LogP contribution in [0.3, 0.4) is 0 Å². The van der Waals surface area contributed by atoms with Gasteiger partial charge < -0.3 is 9.73 Å². The van der Waals surface area contributed by atoms with E-state index in [4.69, 9.17) is 4.42 Å². The van der Waals surface area contributed by atoms with Crippen LogP contribution in [-0.2, 0) is 24.3 Å². The number of aromatic nitrogens is 1. The molecule has 168 valence electrons. The summed E-state index contributed by atoms with van der Waals surface area (Å²) in [5.74, 6) is -0.923. The van der Waals surface area contributed by atoms with E-state index in [0.29, 0.717) is 18.9 Å². The van der Waals surface area contributed by atoms with E-state index in [1.807, 2.05) is 12.1 Å². The molecule has 3 aromatic rings. The zero-order valence-corrected chi connectivity index (χ0v) is 17.9. The molecule has 0 radical (unpaired) electrons. The Bertz CT molecular complexity index is 1060. The van der Waals surface area contributed by atoms with Gasteiger partial charge in [-0.15, -0.1) is 0 Å². The van der Waals surface area contributed by atoms with Crippen molar-refractivity contribution in [3.63, 3.8) is 0 Å². The molecular weight excluding hydrogens is 412 g/mol. The Labute approximate surface area is 186 Å². The van der Waals surface area contributed by atoms with Gasteiger partial charge in [-0.05, 0) is 49.2 Å². The maximum absolute atomic E-state index is 13.9. The van der Waals surface area contributed by atoms with Crippen LogP contribution < -0.4 is 5.32 Å². The molecule has 0 saturated carbocycles. The van der Waals surface area contributed by atoms with E-state index < -0.39 is 11.6 Å². The molecule has 1 N–H and O–H groups in total. The van der Waals surface area contributed by atoms with E-state index in [9.17, 15) is 13.6 Å². The Balaban J connectivity index is 1.28. The fraction of sp³-hybridized carbons (Fsp3) is 0.360. The van der Waals surface area contributed by atoms with E-state index in [1.165, 1.54) is 37.1 Å². The molecule has 0 atom stereocenters. The average molecular weight is 440 g/mol. The van der Waals surface area contributed by atoms with Crippen LogP contribution in [0.4, 0.5) is 8.78 Å². The van der Waals surface area contributed by atoms with Crippen molar-refractivity contribution in [1.82, 2.24) is 15.2 Å². The SMILES string of the molecule is O=C(CCc1ncc(-c2ccc(F)cc2F)o1)NCc1ccccc1CN1CCCCC1. The van der Waals surface area contributed by atoms with Gasteiger partial charge in [0.2, 0.25) is 5.91 Å². The quantitative estimate of drug-likeness (QED) is 0.545. The van der Waals surface area contributed by atoms with Gasteiger partial charge in [-0.1, -0.05) is 30.7 Å². The highest BCUT2D eigenvalue weighted by atomic mass is 19.1. The number of hydrogen-bond donors (Lipinski definition) is 1. The Hall–Kier alpha value is -3.06. The molecule has 0 spiro atoms. The summed E-state index contributed by atoms with van der Waals surface area (Å²) in [4.78, 5) is 18.9. The molecule has 0 unspecified atom stereocenters. The van der Waals surface area contributed by atoms with Crippen molar-refractivity contribution in [2.75, 3.05) is 13.1 Å². The highest BCUT2D eigenvalue weighted by molar-refractivity contribution is 5.76. The molecule has 1 aliphatic rings. The van der Waals surface area contributed by atoms with Crippen molar-refractivity contribution < 1.29 is 18.0 Å². The van der Waals surface area contributed by atoms with Crippen molar-refractivity contribution in [2.24, 2.45) is 0 Å². The third-order valence-electron chi connectivity index (χ3n) is 5.75. The van der Waals surface area contributed by atoms with Gasteiger partial charge in [-0.3, -0.25) is 9.69 Å². The molecule has 1 aromatic heterocycles. The minimum absolute atomic E-state index is 0.106. The number of aryl methyl sites for hydroxylation is 1. The van der Waals surface area contributed by atoms with Crippen LogP contribution in [-0.4, -0.2) is 28.9 Å². The Morgan fingerprint density at radius 3 is 2.62 bits per heavy atom. The summed E-state index contributed by atoms with van der Waals surface area (Å²) in [5, 5.41) is 2.97. The van der Waals surface area contributed by atoms with Crippen LogP contribution in [0.2, 0.25) is 0 Å². The third-order valence-corrected chi connectivity index (χ3v) is 5.75. The van der Waals surface area contributed by atoms with Crippen LogP contribution in [0.5, 0.6) is 0 Å². The normalized spacial score (nSPS) is 14.4. The van der Waals surface area contributed by atoms with Gasteiger partial charge in [0.15, 0.2) is 11.7 Å². The molecular formula is C25H27F2N3O2. The number of piperidine rings is 1. The smallest absolute Gasteiger partial charge is 0.220 e. The maximum atomic E-state index is 13.9. The molecule has 7 heteroatoms. The van der Waals surface area contributed by atoms with Crippen LogP contribution in [0.15, 0.2) is 53.1 Å². The second-order valence-corrected chi connectivity index (χ2v) is 8.12. The van der Waals surface area contributed by atoms with E-state index >= 15 is 0 Å². The summed E-state index contributed by atoms with van der Waals surface area (Å²) in [6.45, 7) is 3.63. The van der Waals surface area contributed by atoms with Gasteiger partial charge >= 0.3 is 0 Å². The summed E-state index contributed by atoms with van der Waals surface area (Å²) in [7, 11) is 0. The fourth-order valence-corrected chi connectivity index (χ4v) is 3.98. The number of nitrogens with one attached hydrogen (secondary N) is 1. The number of benzene rings is 2. The zero-order chi connectivity index (χ0) is 22.3. The van der Waals surface area contributed by atoms with Crippen LogP contribution in [0, 0.1) is 11.6 Å². The molecule has 0 aliphatic carbocycles. The molecule has 32 heavy (non-hydrogen) atoms. The van der Waals surface area contributed by atoms with Gasteiger partial charge in [0.1, 0.15) is 11.6 Å². The fourth-order valence-electron chi connectivity index (χ4n) is 3.98. The van der Waals surface area contributed by atoms with Crippen molar-refractivity contribution in [1.29, 1.82) is 0 Å². The number of hydrogen-bond acceptors (Lipinski definition) is 4. The van der Waals surface area contributed by atoms with Gasteiger partial charge in [0, 0.05) is 32.0 Å². The lowest BCUT2D eigenvalue weighted by molar-refractivity contribution is -0.121. The van der Waals surface area contributed by atoms with E-state index in [-0.39, 0.29) is 23.7 Å². The van der Waals surface area contributed by atoms with Crippen molar-refractivity contribution >= 4 is 5.91 Å². The minimum Gasteiger partial charge on any atom is -0.441 e. The number of carbonyl (C=O) groups is 1. The van der Waals surface area contributed by atoms with Crippen molar-refractivity contribution in [3.8, 4) is 11.3 Å². The van der Waals surface area contributed by atoms with Crippen LogP contribution >= 0.6 is 0 Å². The van der Waals surface area contributed by atoms with E-state index in [1.54, 1.807) is 0 Å². The highest BCUT2D eigenvalue weighted by Crippen LogP contribution is 2.24. The topological polar surface area (TPSA) is 58.4 Å². The number of likely N-dealkylation sites (tertiary alicyclic amines) is 1. The van der Waals surface area contributed by atoms with Crippen molar-refractivity contribution in [2.45, 2.75) is 45.2 Å². The Morgan fingerprint density at radius 1 is 1.06 bits per heavy atom. The molecule has 4 rings (SSSR count). The first-order valence-electron chi connectivity index (χ1n) is 11.0. The van der Waals surface area contributed by atoms with Crippen molar-refractivity contribution in [3.05, 3.63) is 77.3 Å². The van der Waals surface area contributed by atoms with Gasteiger partial charge in [-0.2, -0.15) is 0 Å². The largest absolute Gasteiger partial charge is 0.441 e. The summed E-state index contributed by atoms with van der Waals surface area (Å²) in [5.41, 5.74) is 2.50. The van der Waals surface area contributed by atoms with Gasteiger partial charge in [0.25, 0.3) is 0 Å². The first-order valence-corrected chi connectivity index (χ1v) is 11.0. The molecule has 0 bridgehead atoms. The highest BCUT2D eigenvalue weighted by Gasteiger charge is 2.15. The number of oxazole rings is 1. The predicted octanol–water partition coefficient (Wildman–Crippen LogP) is 4.85. The molecule has 5 nitrogen and oxygen atoms in total. The monoisotopic (exact) mass is 439 g/mol. The first kappa shape index (κ1) is 22.1. The lowest BCUT2D eigenvalue weighted by Crippen LogP contribution is -2.30. The second kappa shape index (κ2) is 10.5. The number of rotatable bonds is 8. The number of halogens is 2. The second-order valence-electron chi connectivity index (χ2n) is 8.12. The molecule has 2 aromatic carbocycles.